The Kier molecular flexibility index (Phi) is 6.44. The second kappa shape index (κ2) is 10.4. The molecule has 5 aromatic rings. The molecule has 2 aromatic carbocycles. The molecule has 2 aliphatic heterocycles. The van der Waals surface area contributed by atoms with Crippen LogP contribution in [0.25, 0.3) is 44.7 Å². The van der Waals surface area contributed by atoms with Gasteiger partial charge in [-0.1, -0.05) is 42.5 Å². The van der Waals surface area contributed by atoms with Crippen LogP contribution in [0.5, 0.6) is 0 Å². The predicted molar refractivity (Wildman–Crippen MR) is 169 cm³/mol. The van der Waals surface area contributed by atoms with Gasteiger partial charge >= 0.3 is 0 Å². The van der Waals surface area contributed by atoms with Crippen molar-refractivity contribution in [3.8, 4) is 33.6 Å². The zero-order valence-corrected chi connectivity index (χ0v) is 24.8. The number of aliphatic hydroxyl groups is 1. The van der Waals surface area contributed by atoms with Gasteiger partial charge in [-0.2, -0.15) is 5.10 Å². The Morgan fingerprint density at radius 2 is 1.60 bits per heavy atom. The van der Waals surface area contributed by atoms with E-state index in [2.05, 4.69) is 39.4 Å². The fraction of sp³-hybridized carbons (Fsp3) is 0.361. The Morgan fingerprint density at radius 3 is 2.37 bits per heavy atom. The highest BCUT2D eigenvalue weighted by molar-refractivity contribution is 5.93. The number of fused-ring (bicyclic) bond motifs is 4. The van der Waals surface area contributed by atoms with E-state index in [-0.39, 0.29) is 0 Å². The number of ether oxygens (including phenoxy) is 1. The molecule has 7 heteroatoms. The van der Waals surface area contributed by atoms with Crippen molar-refractivity contribution in [2.75, 3.05) is 13.2 Å². The highest BCUT2D eigenvalue weighted by atomic mass is 16.5. The van der Waals surface area contributed by atoms with Crippen molar-refractivity contribution in [3.63, 3.8) is 0 Å². The number of hydrogen-bond donors (Lipinski definition) is 2. The number of pyridine rings is 2. The summed E-state index contributed by atoms with van der Waals surface area (Å²) in [6, 6.07) is 23.0. The summed E-state index contributed by atoms with van der Waals surface area (Å²) in [6.45, 7) is 5.42. The summed E-state index contributed by atoms with van der Waals surface area (Å²) in [4.78, 5) is 12.3. The Hall–Kier alpha value is -3.91. The van der Waals surface area contributed by atoms with Gasteiger partial charge in [0.2, 0.25) is 0 Å². The van der Waals surface area contributed by atoms with Gasteiger partial charge in [0.25, 0.3) is 0 Å². The molecular weight excluding hydrogens is 534 g/mol. The normalized spacial score (nSPS) is 22.2. The summed E-state index contributed by atoms with van der Waals surface area (Å²) < 4.78 is 5.74. The zero-order chi connectivity index (χ0) is 29.1. The lowest BCUT2D eigenvalue weighted by molar-refractivity contribution is -0.148. The second-order valence-corrected chi connectivity index (χ2v) is 13.0. The van der Waals surface area contributed by atoms with E-state index < -0.39 is 5.60 Å². The first-order valence-corrected chi connectivity index (χ1v) is 15.5. The monoisotopic (exact) mass is 571 g/mol. The minimum atomic E-state index is -0.960. The van der Waals surface area contributed by atoms with Crippen LogP contribution in [0.3, 0.4) is 0 Å². The Bertz CT molecular complexity index is 1790. The van der Waals surface area contributed by atoms with Gasteiger partial charge in [0.1, 0.15) is 5.69 Å². The minimum absolute atomic E-state index is 0.636. The third-order valence-electron chi connectivity index (χ3n) is 9.78. The summed E-state index contributed by atoms with van der Waals surface area (Å²) in [5.74, 6) is 0. The number of rotatable bonds is 5. The molecular formula is C36H37N5O2. The van der Waals surface area contributed by atoms with Gasteiger partial charge in [0, 0.05) is 52.6 Å². The number of benzene rings is 2. The van der Waals surface area contributed by atoms with Crippen LogP contribution in [-0.2, 0) is 23.2 Å². The highest BCUT2D eigenvalue weighted by Crippen LogP contribution is 2.38. The molecule has 43 heavy (non-hydrogen) atoms. The van der Waals surface area contributed by atoms with E-state index in [1.807, 2.05) is 48.8 Å². The van der Waals surface area contributed by atoms with Gasteiger partial charge in [-0.15, -0.1) is 0 Å². The maximum Gasteiger partial charge on any atom is 0.155 e. The minimum Gasteiger partial charge on any atom is -0.386 e. The van der Waals surface area contributed by atoms with Crippen LogP contribution in [0.4, 0.5) is 0 Å². The number of aryl methyl sites for hydroxylation is 2. The standard InChI is InChI=1S/C36H37N5O2/c1-36(2,42)32-6-4-3-5-30(32)33-14-11-25(18-37-33)34-31-16-26(19-38-35(31)40-39-34)24-8-7-22-9-12-27(13-10-23(22)15-24)41-28-17-29(41)21-43-20-28/h3-8,11,14-16,18-19,27-29,42H,9-10,12-13,17,20-21H2,1-2H3,(H,38,39,40)/t27-,28?,29?/m0/s1. The lowest BCUT2D eigenvalue weighted by Crippen LogP contribution is -2.66. The largest absolute Gasteiger partial charge is 0.386 e. The molecule has 2 N–H and O–H groups in total. The molecule has 1 aliphatic carbocycles. The van der Waals surface area contributed by atoms with Gasteiger partial charge < -0.3 is 9.84 Å². The quantitative estimate of drug-likeness (QED) is 0.241. The fourth-order valence-corrected chi connectivity index (χ4v) is 7.55. The average Bonchev–Trinajstić information content (AvgIpc) is 3.35. The molecule has 0 spiro atoms. The Balaban J connectivity index is 1.06. The lowest BCUT2D eigenvalue weighted by atomic mass is 9.87. The van der Waals surface area contributed by atoms with Crippen molar-refractivity contribution in [3.05, 3.63) is 89.7 Å². The van der Waals surface area contributed by atoms with E-state index in [1.54, 1.807) is 13.8 Å². The number of aromatic nitrogens is 4. The maximum atomic E-state index is 10.7. The molecule has 3 aliphatic rings. The van der Waals surface area contributed by atoms with Crippen molar-refractivity contribution < 1.29 is 9.84 Å². The van der Waals surface area contributed by atoms with Gasteiger partial charge in [-0.05, 0) is 86.4 Å². The third-order valence-corrected chi connectivity index (χ3v) is 9.78. The van der Waals surface area contributed by atoms with Crippen LogP contribution in [-0.4, -0.2) is 61.5 Å². The molecule has 2 fully saturated rings. The summed E-state index contributed by atoms with van der Waals surface area (Å²) in [6.07, 6.45) is 9.83. The Labute approximate surface area is 252 Å². The number of nitrogens with zero attached hydrogens (tertiary/aromatic N) is 4. The van der Waals surface area contributed by atoms with E-state index in [4.69, 9.17) is 14.7 Å². The molecule has 2 unspecified atom stereocenters. The maximum absolute atomic E-state index is 10.7. The third kappa shape index (κ3) is 4.76. The number of H-pyrrole nitrogens is 1. The Morgan fingerprint density at radius 1 is 0.837 bits per heavy atom. The first kappa shape index (κ1) is 26.7. The number of nitrogens with one attached hydrogen (secondary N) is 1. The SMILES string of the molecule is CC(C)(O)c1ccccc1-c1ccc(-c2n[nH]c3ncc(-c4ccc5c(c4)CC[C@@H](N4C6COCC4C6)CC5)cc23)cn1. The summed E-state index contributed by atoms with van der Waals surface area (Å²) in [5.41, 5.74) is 9.40. The first-order valence-electron chi connectivity index (χ1n) is 15.5. The van der Waals surface area contributed by atoms with Gasteiger partial charge in [-0.25, -0.2) is 4.98 Å². The zero-order valence-electron chi connectivity index (χ0n) is 24.8. The summed E-state index contributed by atoms with van der Waals surface area (Å²) >= 11 is 0. The van der Waals surface area contributed by atoms with E-state index >= 15 is 0 Å². The molecule has 0 amide bonds. The van der Waals surface area contributed by atoms with Crippen LogP contribution in [0, 0.1) is 0 Å². The second-order valence-electron chi connectivity index (χ2n) is 13.0. The molecule has 0 saturated carbocycles. The number of aromatic amines is 1. The highest BCUT2D eigenvalue weighted by Gasteiger charge is 2.45. The van der Waals surface area contributed by atoms with Crippen LogP contribution < -0.4 is 0 Å². The molecule has 0 radical (unpaired) electrons. The smallest absolute Gasteiger partial charge is 0.155 e. The van der Waals surface area contributed by atoms with Crippen LogP contribution in [0.15, 0.2) is 73.1 Å². The molecule has 7 nitrogen and oxygen atoms in total. The fourth-order valence-electron chi connectivity index (χ4n) is 7.55. The van der Waals surface area contributed by atoms with E-state index in [1.165, 1.54) is 36.0 Å². The molecule has 3 aromatic heterocycles. The van der Waals surface area contributed by atoms with Gasteiger partial charge in [0.05, 0.1) is 24.5 Å². The molecule has 5 heterocycles. The van der Waals surface area contributed by atoms with Crippen molar-refractivity contribution in [1.82, 2.24) is 25.1 Å². The van der Waals surface area contributed by atoms with E-state index in [0.29, 0.717) is 18.1 Å². The molecule has 218 valence electrons. The topological polar surface area (TPSA) is 87.2 Å². The van der Waals surface area contributed by atoms with Crippen LogP contribution in [0.1, 0.15) is 49.8 Å². The van der Waals surface area contributed by atoms with Gasteiger partial charge in [0.15, 0.2) is 5.65 Å². The summed E-state index contributed by atoms with van der Waals surface area (Å²) in [7, 11) is 0. The summed E-state index contributed by atoms with van der Waals surface area (Å²) in [5, 5.41) is 19.4. The number of hydrogen-bond acceptors (Lipinski definition) is 6. The first-order chi connectivity index (χ1) is 20.9. The lowest BCUT2D eigenvalue weighted by Gasteiger charge is -2.56. The van der Waals surface area contributed by atoms with Gasteiger partial charge in [-0.3, -0.25) is 15.0 Å². The van der Waals surface area contributed by atoms with Crippen molar-refractivity contribution >= 4 is 11.0 Å². The van der Waals surface area contributed by atoms with Crippen LogP contribution >= 0.6 is 0 Å². The van der Waals surface area contributed by atoms with E-state index in [0.717, 1.165) is 70.7 Å². The number of morpholine rings is 1. The average molecular weight is 572 g/mol. The van der Waals surface area contributed by atoms with Crippen molar-refractivity contribution in [2.24, 2.45) is 0 Å². The molecule has 8 rings (SSSR count). The van der Waals surface area contributed by atoms with Crippen molar-refractivity contribution in [2.45, 2.75) is 69.7 Å². The van der Waals surface area contributed by atoms with Crippen LogP contribution in [0.2, 0.25) is 0 Å². The molecule has 3 atom stereocenters. The molecule has 2 bridgehead atoms. The predicted octanol–water partition coefficient (Wildman–Crippen LogP) is 6.30. The van der Waals surface area contributed by atoms with Crippen molar-refractivity contribution in [1.29, 1.82) is 0 Å². The molecule has 2 saturated heterocycles. The van der Waals surface area contributed by atoms with E-state index in [9.17, 15) is 5.11 Å².